The maximum Gasteiger partial charge on any atom is 0.220 e. The normalized spacial score (nSPS) is 45.9. The van der Waals surface area contributed by atoms with E-state index in [1.54, 1.807) is 6.08 Å². The molecule has 2 saturated carbocycles. The molecule has 0 saturated heterocycles. The van der Waals surface area contributed by atoms with Crippen LogP contribution < -0.4 is 0 Å². The number of rotatable bonds is 0. The Hall–Kier alpha value is -1.91. The Morgan fingerprint density at radius 2 is 1.72 bits per heavy atom. The van der Waals surface area contributed by atoms with Crippen molar-refractivity contribution in [3.63, 3.8) is 0 Å². The van der Waals surface area contributed by atoms with Gasteiger partial charge in [-0.15, -0.1) is 0 Å². The van der Waals surface area contributed by atoms with Gasteiger partial charge in [-0.1, -0.05) is 45.4 Å². The highest BCUT2D eigenvalue weighted by molar-refractivity contribution is 6.06. The summed E-state index contributed by atoms with van der Waals surface area (Å²) >= 11 is 0. The standard InChI is InChI=1S/C28H36O4/c1-14-11-21-27(5)10-9-26(4)18(8-7-17-16(3)24(31)20(29)12-19(17)26)22(27)15(2)13-28(21,6)25(32)23(14)30/h7-8,12,14,21,23,25,30-32H,9-11,13H2,1-6H3/t14-,21-,23+,25+,26+,27-,28+/m0/s1. The fourth-order valence-electron chi connectivity index (χ4n) is 8.16. The van der Waals surface area contributed by atoms with Gasteiger partial charge >= 0.3 is 0 Å². The number of aliphatic hydroxyl groups is 3. The van der Waals surface area contributed by atoms with Crippen molar-refractivity contribution < 1.29 is 20.1 Å². The molecule has 4 nitrogen and oxygen atoms in total. The van der Waals surface area contributed by atoms with E-state index in [4.69, 9.17) is 0 Å². The van der Waals surface area contributed by atoms with Crippen LogP contribution in [-0.2, 0) is 4.79 Å². The molecule has 4 heteroatoms. The zero-order chi connectivity index (χ0) is 23.4. The van der Waals surface area contributed by atoms with Gasteiger partial charge in [-0.3, -0.25) is 4.79 Å². The first kappa shape index (κ1) is 21.9. The zero-order valence-corrected chi connectivity index (χ0v) is 20.1. The Morgan fingerprint density at radius 3 is 2.41 bits per heavy atom. The minimum absolute atomic E-state index is 0.0640. The van der Waals surface area contributed by atoms with E-state index in [2.05, 4.69) is 46.8 Å². The maximum absolute atomic E-state index is 12.5. The lowest BCUT2D eigenvalue weighted by molar-refractivity contribution is -0.169. The summed E-state index contributed by atoms with van der Waals surface area (Å²) < 4.78 is 0. The van der Waals surface area contributed by atoms with Crippen LogP contribution in [0.2, 0.25) is 0 Å². The van der Waals surface area contributed by atoms with E-state index in [1.807, 2.05) is 6.92 Å². The second kappa shape index (κ2) is 6.57. The van der Waals surface area contributed by atoms with Crippen molar-refractivity contribution in [2.45, 2.75) is 79.4 Å². The molecule has 7 atom stereocenters. The lowest BCUT2D eigenvalue weighted by Gasteiger charge is -2.63. The van der Waals surface area contributed by atoms with Gasteiger partial charge in [0.15, 0.2) is 5.76 Å². The third-order valence-electron chi connectivity index (χ3n) is 9.98. The van der Waals surface area contributed by atoms with Crippen molar-refractivity contribution in [2.75, 3.05) is 0 Å². The summed E-state index contributed by atoms with van der Waals surface area (Å²) in [4.78, 5) is 12.5. The average Bonchev–Trinajstić information content (AvgIpc) is 2.73. The number of fused-ring (bicyclic) bond motifs is 7. The molecule has 5 aliphatic carbocycles. The summed E-state index contributed by atoms with van der Waals surface area (Å²) in [5, 5.41) is 32.1. The van der Waals surface area contributed by atoms with Crippen molar-refractivity contribution in [1.82, 2.24) is 0 Å². The van der Waals surface area contributed by atoms with Crippen LogP contribution in [0.4, 0.5) is 0 Å². The second-order valence-corrected chi connectivity index (χ2v) is 11.8. The van der Waals surface area contributed by atoms with E-state index < -0.39 is 12.2 Å². The number of carbonyl (C=O) groups excluding carboxylic acids is 1. The van der Waals surface area contributed by atoms with E-state index in [0.717, 1.165) is 36.8 Å². The smallest absolute Gasteiger partial charge is 0.220 e. The lowest BCUT2D eigenvalue weighted by Crippen LogP contribution is -2.61. The molecule has 0 radical (unpaired) electrons. The van der Waals surface area contributed by atoms with Crippen molar-refractivity contribution in [3.8, 4) is 0 Å². The van der Waals surface area contributed by atoms with E-state index in [9.17, 15) is 20.1 Å². The predicted octanol–water partition coefficient (Wildman–Crippen LogP) is 5.10. The molecule has 0 aromatic carbocycles. The van der Waals surface area contributed by atoms with Gasteiger partial charge in [0.1, 0.15) is 0 Å². The molecule has 5 rings (SSSR count). The predicted molar refractivity (Wildman–Crippen MR) is 125 cm³/mol. The van der Waals surface area contributed by atoms with Crippen LogP contribution >= 0.6 is 0 Å². The molecule has 0 unspecified atom stereocenters. The maximum atomic E-state index is 12.5. The quantitative estimate of drug-likeness (QED) is 0.493. The lowest BCUT2D eigenvalue weighted by atomic mass is 9.41. The Bertz CT molecular complexity index is 1080. The van der Waals surface area contributed by atoms with Gasteiger partial charge in [0.2, 0.25) is 5.78 Å². The first-order valence-electron chi connectivity index (χ1n) is 12.0. The zero-order valence-electron chi connectivity index (χ0n) is 20.1. The van der Waals surface area contributed by atoms with Crippen LogP contribution in [0, 0.1) is 28.1 Å². The Balaban J connectivity index is 1.70. The highest BCUT2D eigenvalue weighted by atomic mass is 16.3. The molecule has 0 aliphatic heterocycles. The molecule has 0 heterocycles. The van der Waals surface area contributed by atoms with Crippen molar-refractivity contribution in [3.05, 3.63) is 57.4 Å². The van der Waals surface area contributed by atoms with E-state index in [1.165, 1.54) is 16.7 Å². The molecule has 172 valence electrons. The van der Waals surface area contributed by atoms with Crippen LogP contribution in [0.1, 0.15) is 67.2 Å². The summed E-state index contributed by atoms with van der Waals surface area (Å²) in [6, 6.07) is 0. The first-order valence-corrected chi connectivity index (χ1v) is 12.0. The third kappa shape index (κ3) is 2.48. The van der Waals surface area contributed by atoms with E-state index in [-0.39, 0.29) is 39.6 Å². The number of allylic oxidation sites excluding steroid dienone is 9. The number of hydrogen-bond acceptors (Lipinski definition) is 4. The molecule has 0 spiro atoms. The van der Waals surface area contributed by atoms with Gasteiger partial charge in [-0.2, -0.15) is 0 Å². The summed E-state index contributed by atoms with van der Waals surface area (Å²) in [6.45, 7) is 12.9. The SMILES string of the molecule is CC1=C2C3=CC=C4C(=CC(=O)C(O)=C4C)[C@]3(C)CC[C@@]2(C)[C@@H]2C[C@H](C)[C@@H](O)[C@@H](O)[C@]2(C)C1. The first-order chi connectivity index (χ1) is 14.9. The average molecular weight is 437 g/mol. The fourth-order valence-corrected chi connectivity index (χ4v) is 8.16. The minimum atomic E-state index is -0.723. The molecule has 0 amide bonds. The fraction of sp³-hybridized carbons (Fsp3) is 0.607. The number of aliphatic hydroxyl groups excluding tert-OH is 3. The Labute approximate surface area is 191 Å². The van der Waals surface area contributed by atoms with Crippen LogP contribution in [0.25, 0.3) is 0 Å². The molecular formula is C28H36O4. The van der Waals surface area contributed by atoms with Crippen molar-refractivity contribution in [2.24, 2.45) is 28.1 Å². The van der Waals surface area contributed by atoms with E-state index >= 15 is 0 Å². The van der Waals surface area contributed by atoms with Gasteiger partial charge in [0.25, 0.3) is 0 Å². The second-order valence-electron chi connectivity index (χ2n) is 11.8. The summed E-state index contributed by atoms with van der Waals surface area (Å²) in [5.74, 6) is -0.0982. The van der Waals surface area contributed by atoms with Gasteiger partial charge < -0.3 is 15.3 Å². The van der Waals surface area contributed by atoms with Crippen molar-refractivity contribution >= 4 is 5.78 Å². The molecule has 5 aliphatic rings. The minimum Gasteiger partial charge on any atom is -0.504 e. The number of hydrogen-bond donors (Lipinski definition) is 3. The highest BCUT2D eigenvalue weighted by Gasteiger charge is 2.62. The summed E-state index contributed by atoms with van der Waals surface area (Å²) in [5.41, 5.74) is 5.93. The third-order valence-corrected chi connectivity index (χ3v) is 9.98. The molecule has 2 fully saturated rings. The van der Waals surface area contributed by atoms with Crippen LogP contribution in [0.15, 0.2) is 57.4 Å². The topological polar surface area (TPSA) is 77.8 Å². The van der Waals surface area contributed by atoms with E-state index in [0.29, 0.717) is 5.57 Å². The largest absolute Gasteiger partial charge is 0.504 e. The van der Waals surface area contributed by atoms with Gasteiger partial charge in [-0.25, -0.2) is 0 Å². The summed E-state index contributed by atoms with van der Waals surface area (Å²) in [6.07, 6.45) is 8.10. The number of ketones is 1. The van der Waals surface area contributed by atoms with Crippen LogP contribution in [-0.4, -0.2) is 33.3 Å². The highest BCUT2D eigenvalue weighted by Crippen LogP contribution is 2.69. The monoisotopic (exact) mass is 436 g/mol. The van der Waals surface area contributed by atoms with Gasteiger partial charge in [0.05, 0.1) is 12.2 Å². The molecule has 3 N–H and O–H groups in total. The molecule has 0 aromatic rings. The van der Waals surface area contributed by atoms with Crippen LogP contribution in [0.3, 0.4) is 0 Å². The molecule has 0 aromatic heterocycles. The molecule has 0 bridgehead atoms. The number of carbonyl (C=O) groups is 1. The van der Waals surface area contributed by atoms with Gasteiger partial charge in [0, 0.05) is 16.4 Å². The molecular weight excluding hydrogens is 400 g/mol. The summed E-state index contributed by atoms with van der Waals surface area (Å²) in [7, 11) is 0. The Kier molecular flexibility index (Phi) is 4.50. The van der Waals surface area contributed by atoms with Crippen molar-refractivity contribution in [1.29, 1.82) is 0 Å². The molecule has 32 heavy (non-hydrogen) atoms. The Morgan fingerprint density at radius 1 is 1.03 bits per heavy atom. The van der Waals surface area contributed by atoms with Crippen LogP contribution in [0.5, 0.6) is 0 Å². The van der Waals surface area contributed by atoms with Gasteiger partial charge in [-0.05, 0) is 85.2 Å².